The second-order valence-corrected chi connectivity index (χ2v) is 2.39. The second kappa shape index (κ2) is 1.35. The average Bonchev–Trinajstić information content (AvgIpc) is 1.76. The quantitative estimate of drug-likeness (QED) is 0.415. The van der Waals surface area contributed by atoms with Crippen molar-refractivity contribution in [3.05, 3.63) is 0 Å². The van der Waals surface area contributed by atoms with Gasteiger partial charge in [0.2, 0.25) is 0 Å². The minimum atomic E-state index is -0.0278. The standard InChI is InChI=1S/C2H3GeN2/c1-3-5-2-4-1/h1-2H,(H,4,5). The molecule has 1 rings (SSSR count). The summed E-state index contributed by atoms with van der Waals surface area (Å²) in [6, 6.07) is 0. The van der Waals surface area contributed by atoms with Crippen LogP contribution in [0.25, 0.3) is 0 Å². The summed E-state index contributed by atoms with van der Waals surface area (Å²) in [4.78, 5) is 2.01. The Hall–Kier alpha value is -0.117. The molecule has 1 radical (unpaired) electrons. The van der Waals surface area contributed by atoms with E-state index < -0.39 is 0 Å². The Bertz CT molecular complexity index is 65.7. The molecule has 5 heavy (non-hydrogen) atoms. The molecule has 0 atom stereocenters. The third kappa shape index (κ3) is 0.577. The molecule has 2 nitrogen and oxygen atoms in total. The first kappa shape index (κ1) is 3.09. The number of nitrogens with zero attached hydrogens (tertiary/aromatic N) is 1. The fraction of sp³-hybridized carbons (Fsp3) is 0. The number of hydrogen-bond donors (Lipinski definition) is 1. The predicted octanol–water partition coefficient (Wildman–Crippen LogP) is -1.00. The second-order valence-electron chi connectivity index (χ2n) is 0.698. The van der Waals surface area contributed by atoms with E-state index in [0.29, 0.717) is 0 Å². The molecule has 0 amide bonds. The predicted molar refractivity (Wildman–Crippen MR) is 23.4 cm³/mol. The zero-order valence-corrected chi connectivity index (χ0v) is 4.70. The van der Waals surface area contributed by atoms with Gasteiger partial charge in [0.25, 0.3) is 0 Å². The van der Waals surface area contributed by atoms with Gasteiger partial charge in [0, 0.05) is 0 Å². The molecule has 0 saturated carbocycles. The van der Waals surface area contributed by atoms with Gasteiger partial charge in [0.05, 0.1) is 0 Å². The Morgan fingerprint density at radius 1 is 1.80 bits per heavy atom. The Morgan fingerprint density at radius 3 is 3.00 bits per heavy atom. The van der Waals surface area contributed by atoms with Crippen LogP contribution in [0, 0.1) is 0 Å². The van der Waals surface area contributed by atoms with Gasteiger partial charge in [-0.25, -0.2) is 0 Å². The van der Waals surface area contributed by atoms with E-state index in [1.807, 2.05) is 4.98 Å². The molecule has 25 valence electrons. The number of rotatable bonds is 0. The monoisotopic (exact) mass is 129 g/mol. The molecule has 0 saturated heterocycles. The van der Waals surface area contributed by atoms with Gasteiger partial charge in [-0.1, -0.05) is 0 Å². The fourth-order valence-electron chi connectivity index (χ4n) is 0.186. The van der Waals surface area contributed by atoms with E-state index in [1.54, 1.807) is 6.34 Å². The van der Waals surface area contributed by atoms with Gasteiger partial charge in [0.1, 0.15) is 0 Å². The van der Waals surface area contributed by atoms with Crippen molar-refractivity contribution in [2.24, 2.45) is 3.95 Å². The van der Waals surface area contributed by atoms with Crippen molar-refractivity contribution in [3.63, 3.8) is 0 Å². The first-order valence-electron chi connectivity index (χ1n) is 1.35. The van der Waals surface area contributed by atoms with E-state index in [4.69, 9.17) is 0 Å². The summed E-state index contributed by atoms with van der Waals surface area (Å²) in [6.07, 6.45) is 1.74. The van der Waals surface area contributed by atoms with Gasteiger partial charge in [-0.05, 0) is 0 Å². The number of nitrogens with one attached hydrogen (secondary N) is 1. The summed E-state index contributed by atoms with van der Waals surface area (Å²) < 4.78 is 3.92. The van der Waals surface area contributed by atoms with Crippen molar-refractivity contribution in [2.45, 2.75) is 0 Å². The van der Waals surface area contributed by atoms with Crippen molar-refractivity contribution >= 4 is 26.5 Å². The van der Waals surface area contributed by atoms with E-state index in [9.17, 15) is 0 Å². The zero-order valence-electron chi connectivity index (χ0n) is 2.60. The van der Waals surface area contributed by atoms with Gasteiger partial charge >= 0.3 is 35.8 Å². The third-order valence-electron chi connectivity index (χ3n) is 0.362. The Kier molecular flexibility index (Phi) is 0.836. The Labute approximate surface area is 36.5 Å². The van der Waals surface area contributed by atoms with Gasteiger partial charge in [-0.15, -0.1) is 0 Å². The molecule has 0 aromatic heterocycles. The first-order chi connectivity index (χ1) is 2.50. The van der Waals surface area contributed by atoms with E-state index in [-0.39, 0.29) is 15.2 Å². The molecule has 0 unspecified atom stereocenters. The maximum absolute atomic E-state index is 3.92. The van der Waals surface area contributed by atoms with Crippen molar-refractivity contribution < 1.29 is 0 Å². The van der Waals surface area contributed by atoms with Gasteiger partial charge < -0.3 is 0 Å². The van der Waals surface area contributed by atoms with Crippen molar-refractivity contribution in [2.75, 3.05) is 0 Å². The van der Waals surface area contributed by atoms with Crippen LogP contribution in [-0.4, -0.2) is 26.5 Å². The Balaban J connectivity index is 2.61. The number of hydrogen-bond acceptors (Lipinski definition) is 2. The zero-order chi connectivity index (χ0) is 3.54. The van der Waals surface area contributed by atoms with E-state index in [0.717, 1.165) is 0 Å². The SMILES string of the molecule is C1=[N][Ge]=[CH]N1. The molecule has 0 spiro atoms. The molecule has 0 aliphatic carbocycles. The van der Waals surface area contributed by atoms with E-state index >= 15 is 0 Å². The van der Waals surface area contributed by atoms with Crippen LogP contribution in [0.15, 0.2) is 3.95 Å². The van der Waals surface area contributed by atoms with Crippen LogP contribution in [0.5, 0.6) is 0 Å². The molecule has 3 heteroatoms. The van der Waals surface area contributed by atoms with Crippen LogP contribution in [0.2, 0.25) is 0 Å². The molecule has 0 aromatic carbocycles. The average molecular weight is 128 g/mol. The summed E-state index contributed by atoms with van der Waals surface area (Å²) in [6.45, 7) is 0. The molecule has 1 aliphatic rings. The van der Waals surface area contributed by atoms with E-state index in [1.165, 1.54) is 0 Å². The van der Waals surface area contributed by atoms with Crippen molar-refractivity contribution in [1.29, 1.82) is 0 Å². The normalized spacial score (nSPS) is 16.0. The molecule has 0 fully saturated rings. The van der Waals surface area contributed by atoms with Gasteiger partial charge in [0.15, 0.2) is 0 Å². The van der Waals surface area contributed by atoms with E-state index in [2.05, 4.69) is 9.27 Å². The van der Waals surface area contributed by atoms with Crippen molar-refractivity contribution in [3.8, 4) is 0 Å². The summed E-state index contributed by atoms with van der Waals surface area (Å²) in [5, 5.41) is 2.86. The van der Waals surface area contributed by atoms with Crippen LogP contribution < -0.4 is 5.32 Å². The fourth-order valence-corrected chi connectivity index (χ4v) is 0.968. The molecule has 0 aromatic rings. The first-order valence-corrected chi connectivity index (χ1v) is 3.50. The van der Waals surface area contributed by atoms with Crippen molar-refractivity contribution in [1.82, 2.24) is 5.32 Å². The molecular formula is C2H3GeN2. The maximum atomic E-state index is 3.92. The summed E-state index contributed by atoms with van der Waals surface area (Å²) in [7, 11) is 0. The molecule has 1 N–H and O–H groups in total. The van der Waals surface area contributed by atoms with Crippen LogP contribution in [0.3, 0.4) is 0 Å². The molecule has 1 heterocycles. The summed E-state index contributed by atoms with van der Waals surface area (Å²) in [5.41, 5.74) is 0. The third-order valence-corrected chi connectivity index (χ3v) is 1.57. The van der Waals surface area contributed by atoms with Crippen LogP contribution in [0.4, 0.5) is 0 Å². The minimum absolute atomic E-state index is 0.0278. The summed E-state index contributed by atoms with van der Waals surface area (Å²) in [5.74, 6) is 0. The summed E-state index contributed by atoms with van der Waals surface area (Å²) >= 11 is -0.0278. The van der Waals surface area contributed by atoms with Crippen LogP contribution >= 0.6 is 0 Å². The molecule has 0 bridgehead atoms. The molecular weight excluding hydrogens is 125 g/mol. The Morgan fingerprint density at radius 2 is 2.80 bits per heavy atom. The van der Waals surface area contributed by atoms with Crippen LogP contribution in [-0.2, 0) is 0 Å². The van der Waals surface area contributed by atoms with Crippen LogP contribution in [0.1, 0.15) is 0 Å². The molecule has 1 aliphatic heterocycles. The van der Waals surface area contributed by atoms with Gasteiger partial charge in [-0.3, -0.25) is 0 Å². The topological polar surface area (TPSA) is 24.4 Å². The van der Waals surface area contributed by atoms with Gasteiger partial charge in [-0.2, -0.15) is 0 Å².